The Balaban J connectivity index is 0.00000261. The molecule has 1 aliphatic heterocycles. The molecule has 0 saturated carbocycles. The fourth-order valence-electron chi connectivity index (χ4n) is 3.77. The average Bonchev–Trinajstić information content (AvgIpc) is 3.11. The largest absolute Gasteiger partial charge is 0.497 e. The zero-order valence-electron chi connectivity index (χ0n) is 16.2. The summed E-state index contributed by atoms with van der Waals surface area (Å²) in [6.07, 6.45) is 0. The fourth-order valence-corrected chi connectivity index (χ4v) is 3.77. The molecule has 5 heteroatoms. The first-order chi connectivity index (χ1) is 12.6. The van der Waals surface area contributed by atoms with Crippen molar-refractivity contribution in [3.05, 3.63) is 65.7 Å². The molecule has 0 aromatic heterocycles. The van der Waals surface area contributed by atoms with Gasteiger partial charge >= 0.3 is 0 Å². The summed E-state index contributed by atoms with van der Waals surface area (Å²) in [7, 11) is 1.69. The third-order valence-corrected chi connectivity index (χ3v) is 5.39. The standard InChI is InChI=1S/C22H28N2O2.ClH/c1-16(19-10-7-11-21(12-19)26-3)23-13-20-14-24(17(2)25)15-22(20)18-8-5-4-6-9-18;/h4-12,16,20,22-23H,13-15H2,1-3H3;1H. The van der Waals surface area contributed by atoms with Crippen molar-refractivity contribution in [3.8, 4) is 5.75 Å². The third-order valence-electron chi connectivity index (χ3n) is 5.39. The second-order valence-corrected chi connectivity index (χ2v) is 7.11. The van der Waals surface area contributed by atoms with E-state index in [1.54, 1.807) is 14.0 Å². The van der Waals surface area contributed by atoms with Crippen molar-refractivity contribution in [1.82, 2.24) is 10.2 Å². The molecule has 2 aromatic carbocycles. The van der Waals surface area contributed by atoms with Crippen molar-refractivity contribution in [2.24, 2.45) is 5.92 Å². The number of nitrogens with zero attached hydrogens (tertiary/aromatic N) is 1. The summed E-state index contributed by atoms with van der Waals surface area (Å²) in [4.78, 5) is 13.9. The highest BCUT2D eigenvalue weighted by molar-refractivity contribution is 5.85. The van der Waals surface area contributed by atoms with Gasteiger partial charge in [-0.1, -0.05) is 42.5 Å². The minimum absolute atomic E-state index is 0. The number of amides is 1. The van der Waals surface area contributed by atoms with Crippen LogP contribution in [0.15, 0.2) is 54.6 Å². The van der Waals surface area contributed by atoms with Crippen molar-refractivity contribution in [1.29, 1.82) is 0 Å². The number of benzene rings is 2. The highest BCUT2D eigenvalue weighted by Crippen LogP contribution is 2.33. The van der Waals surface area contributed by atoms with Crippen molar-refractivity contribution in [2.45, 2.75) is 25.8 Å². The van der Waals surface area contributed by atoms with Gasteiger partial charge in [0.1, 0.15) is 5.75 Å². The predicted molar refractivity (Wildman–Crippen MR) is 112 cm³/mol. The first-order valence-electron chi connectivity index (χ1n) is 9.26. The van der Waals surface area contributed by atoms with Gasteiger partial charge in [-0.05, 0) is 36.1 Å². The Labute approximate surface area is 168 Å². The number of ether oxygens (including phenoxy) is 1. The molecule has 3 atom stereocenters. The van der Waals surface area contributed by atoms with E-state index in [0.717, 1.165) is 25.4 Å². The van der Waals surface area contributed by atoms with Gasteiger partial charge in [-0.15, -0.1) is 12.4 Å². The monoisotopic (exact) mass is 388 g/mol. The van der Waals surface area contributed by atoms with E-state index < -0.39 is 0 Å². The first-order valence-corrected chi connectivity index (χ1v) is 9.26. The molecule has 4 nitrogen and oxygen atoms in total. The molecule has 2 aromatic rings. The lowest BCUT2D eigenvalue weighted by Gasteiger charge is -2.22. The van der Waals surface area contributed by atoms with Gasteiger partial charge in [-0.25, -0.2) is 0 Å². The molecule has 1 heterocycles. The number of carbonyl (C=O) groups is 1. The lowest BCUT2D eigenvalue weighted by atomic mass is 9.88. The molecule has 3 unspecified atom stereocenters. The van der Waals surface area contributed by atoms with E-state index in [9.17, 15) is 4.79 Å². The van der Waals surface area contributed by atoms with Crippen LogP contribution in [-0.2, 0) is 4.79 Å². The van der Waals surface area contributed by atoms with Crippen LogP contribution >= 0.6 is 12.4 Å². The van der Waals surface area contributed by atoms with Crippen LogP contribution in [0.25, 0.3) is 0 Å². The van der Waals surface area contributed by atoms with Crippen molar-refractivity contribution >= 4 is 18.3 Å². The Morgan fingerprint density at radius 3 is 2.59 bits per heavy atom. The van der Waals surface area contributed by atoms with Gasteiger partial charge in [0, 0.05) is 38.5 Å². The molecule has 0 aliphatic carbocycles. The minimum atomic E-state index is 0. The van der Waals surface area contributed by atoms with Crippen molar-refractivity contribution in [3.63, 3.8) is 0 Å². The third kappa shape index (κ3) is 5.24. The maximum Gasteiger partial charge on any atom is 0.219 e. The molecule has 0 spiro atoms. The summed E-state index contributed by atoms with van der Waals surface area (Å²) >= 11 is 0. The number of rotatable bonds is 6. The molecule has 3 rings (SSSR count). The highest BCUT2D eigenvalue weighted by Gasteiger charge is 2.34. The zero-order chi connectivity index (χ0) is 18.5. The number of hydrogen-bond acceptors (Lipinski definition) is 3. The Morgan fingerprint density at radius 1 is 1.19 bits per heavy atom. The van der Waals surface area contributed by atoms with E-state index in [2.05, 4.69) is 48.6 Å². The molecular formula is C22H29ClN2O2. The summed E-state index contributed by atoms with van der Waals surface area (Å²) in [5.41, 5.74) is 2.53. The van der Waals surface area contributed by atoms with Crippen LogP contribution in [0.4, 0.5) is 0 Å². The molecule has 1 fully saturated rings. The van der Waals surface area contributed by atoms with Crippen molar-refractivity contribution in [2.75, 3.05) is 26.7 Å². The quantitative estimate of drug-likeness (QED) is 0.812. The Morgan fingerprint density at radius 2 is 1.93 bits per heavy atom. The van der Waals surface area contributed by atoms with Crippen LogP contribution in [0.2, 0.25) is 0 Å². The fraction of sp³-hybridized carbons (Fsp3) is 0.409. The van der Waals surface area contributed by atoms with Gasteiger partial charge in [0.15, 0.2) is 0 Å². The van der Waals surface area contributed by atoms with E-state index >= 15 is 0 Å². The SMILES string of the molecule is COc1cccc(C(C)NCC2CN(C(C)=O)CC2c2ccccc2)c1.Cl. The van der Waals surface area contributed by atoms with Crippen LogP contribution in [0.1, 0.15) is 36.9 Å². The molecule has 1 saturated heterocycles. The second-order valence-electron chi connectivity index (χ2n) is 7.11. The number of likely N-dealkylation sites (tertiary alicyclic amines) is 1. The minimum Gasteiger partial charge on any atom is -0.497 e. The van der Waals surface area contributed by atoms with Gasteiger partial charge in [0.05, 0.1) is 7.11 Å². The Kier molecular flexibility index (Phi) is 7.69. The van der Waals surface area contributed by atoms with Crippen molar-refractivity contribution < 1.29 is 9.53 Å². The van der Waals surface area contributed by atoms with Gasteiger partial charge in [0.25, 0.3) is 0 Å². The zero-order valence-corrected chi connectivity index (χ0v) is 17.0. The maximum atomic E-state index is 11.9. The van der Waals surface area contributed by atoms with Gasteiger partial charge in [0.2, 0.25) is 5.91 Å². The average molecular weight is 389 g/mol. The number of methoxy groups -OCH3 is 1. The molecule has 0 bridgehead atoms. The summed E-state index contributed by atoms with van der Waals surface area (Å²) < 4.78 is 5.33. The molecule has 1 aliphatic rings. The van der Waals surface area contributed by atoms with E-state index in [1.165, 1.54) is 11.1 Å². The number of nitrogens with one attached hydrogen (secondary N) is 1. The van der Waals surface area contributed by atoms with Crippen LogP contribution in [-0.4, -0.2) is 37.6 Å². The molecule has 1 N–H and O–H groups in total. The summed E-state index contributed by atoms with van der Waals surface area (Å²) in [6, 6.07) is 18.9. The Hall–Kier alpha value is -2.04. The molecule has 146 valence electrons. The summed E-state index contributed by atoms with van der Waals surface area (Å²) in [5.74, 6) is 1.83. The van der Waals surface area contributed by atoms with Gasteiger partial charge < -0.3 is 15.0 Å². The lowest BCUT2D eigenvalue weighted by molar-refractivity contribution is -0.127. The van der Waals surface area contributed by atoms with E-state index in [4.69, 9.17) is 4.74 Å². The maximum absolute atomic E-state index is 11.9. The van der Waals surface area contributed by atoms with Crippen LogP contribution < -0.4 is 10.1 Å². The second kappa shape index (κ2) is 9.77. The predicted octanol–water partition coefficient (Wildman–Crippen LogP) is 4.03. The lowest BCUT2D eigenvalue weighted by Crippen LogP contribution is -2.30. The Bertz CT molecular complexity index is 738. The number of halogens is 1. The van der Waals surface area contributed by atoms with Crippen LogP contribution in [0, 0.1) is 5.92 Å². The van der Waals surface area contributed by atoms with Gasteiger partial charge in [-0.3, -0.25) is 4.79 Å². The van der Waals surface area contributed by atoms with Gasteiger partial charge in [-0.2, -0.15) is 0 Å². The first kappa shape index (κ1) is 21.3. The molecule has 1 amide bonds. The normalized spacial score (nSPS) is 20.0. The number of hydrogen-bond donors (Lipinski definition) is 1. The van der Waals surface area contributed by atoms with Crippen LogP contribution in [0.3, 0.4) is 0 Å². The summed E-state index contributed by atoms with van der Waals surface area (Å²) in [6.45, 7) is 6.33. The molecule has 0 radical (unpaired) electrons. The summed E-state index contributed by atoms with van der Waals surface area (Å²) in [5, 5.41) is 3.66. The van der Waals surface area contributed by atoms with E-state index in [1.807, 2.05) is 23.1 Å². The van der Waals surface area contributed by atoms with Crippen LogP contribution in [0.5, 0.6) is 5.75 Å². The smallest absolute Gasteiger partial charge is 0.219 e. The van der Waals surface area contributed by atoms with E-state index in [-0.39, 0.29) is 24.4 Å². The highest BCUT2D eigenvalue weighted by atomic mass is 35.5. The van der Waals surface area contributed by atoms with E-state index in [0.29, 0.717) is 11.8 Å². The number of carbonyl (C=O) groups excluding carboxylic acids is 1. The molecule has 27 heavy (non-hydrogen) atoms. The molecular weight excluding hydrogens is 360 g/mol. The topological polar surface area (TPSA) is 41.6 Å².